The van der Waals surface area contributed by atoms with E-state index in [0.717, 1.165) is 25.7 Å². The molecule has 0 aromatic carbocycles. The van der Waals surface area contributed by atoms with E-state index >= 15 is 0 Å². The molecule has 3 N–H and O–H groups in total. The number of hydrogen-bond donors (Lipinski definition) is 2. The van der Waals surface area contributed by atoms with Crippen LogP contribution in [0.4, 0.5) is 4.79 Å². The predicted molar refractivity (Wildman–Crippen MR) is 57.7 cm³/mol. The van der Waals surface area contributed by atoms with Crippen molar-refractivity contribution in [3.8, 4) is 0 Å². The van der Waals surface area contributed by atoms with E-state index in [1.165, 1.54) is 4.90 Å². The average molecular weight is 234 g/mol. The lowest BCUT2D eigenvalue weighted by Gasteiger charge is -2.19. The maximum Gasteiger partial charge on any atom is 0.325 e. The van der Waals surface area contributed by atoms with Gasteiger partial charge in [-0.2, -0.15) is 0 Å². The van der Waals surface area contributed by atoms with Crippen LogP contribution in [0.5, 0.6) is 0 Å². The first-order chi connectivity index (χ1) is 6.69. The summed E-state index contributed by atoms with van der Waals surface area (Å²) in [7, 11) is 0. The number of urea groups is 1. The topological polar surface area (TPSA) is 75.4 Å². The highest BCUT2D eigenvalue weighted by Crippen LogP contribution is 2.34. The minimum Gasteiger partial charge on any atom is -0.329 e. The van der Waals surface area contributed by atoms with Crippen molar-refractivity contribution in [1.29, 1.82) is 0 Å². The Labute approximate surface area is 94.8 Å². The fraction of sp³-hybridized carbons (Fsp3) is 0.778. The maximum atomic E-state index is 11.9. The van der Waals surface area contributed by atoms with Crippen molar-refractivity contribution >= 4 is 24.3 Å². The molecule has 2 fully saturated rings. The summed E-state index contributed by atoms with van der Waals surface area (Å²) in [5.41, 5.74) is 4.77. The van der Waals surface area contributed by atoms with Crippen LogP contribution >= 0.6 is 12.4 Å². The van der Waals surface area contributed by atoms with Crippen molar-refractivity contribution in [2.24, 2.45) is 5.73 Å². The van der Waals surface area contributed by atoms with E-state index in [2.05, 4.69) is 5.32 Å². The van der Waals surface area contributed by atoms with E-state index in [4.69, 9.17) is 5.73 Å². The Morgan fingerprint density at radius 1 is 1.33 bits per heavy atom. The molecule has 0 aromatic heterocycles. The summed E-state index contributed by atoms with van der Waals surface area (Å²) in [5.74, 6) is -0.0783. The van der Waals surface area contributed by atoms with E-state index in [1.807, 2.05) is 0 Å². The summed E-state index contributed by atoms with van der Waals surface area (Å²) in [4.78, 5) is 24.6. The van der Waals surface area contributed by atoms with Crippen LogP contribution < -0.4 is 11.1 Å². The summed E-state index contributed by atoms with van der Waals surface area (Å²) in [5, 5.41) is 2.80. The summed E-state index contributed by atoms with van der Waals surface area (Å²) in [6, 6.07) is -0.276. The van der Waals surface area contributed by atoms with Gasteiger partial charge >= 0.3 is 6.03 Å². The molecular weight excluding hydrogens is 218 g/mol. The van der Waals surface area contributed by atoms with Gasteiger partial charge < -0.3 is 11.1 Å². The number of rotatable bonds is 2. The number of nitrogens with one attached hydrogen (secondary N) is 1. The second-order valence-corrected chi connectivity index (χ2v) is 3.96. The van der Waals surface area contributed by atoms with Crippen LogP contribution in [0.15, 0.2) is 0 Å². The normalized spacial score (nSPS) is 23.1. The number of hydrogen-bond acceptors (Lipinski definition) is 3. The molecule has 0 unspecified atom stereocenters. The second-order valence-electron chi connectivity index (χ2n) is 3.96. The van der Waals surface area contributed by atoms with Gasteiger partial charge in [0.1, 0.15) is 5.54 Å². The van der Waals surface area contributed by atoms with Crippen LogP contribution in [0.25, 0.3) is 0 Å². The highest BCUT2D eigenvalue weighted by molar-refractivity contribution is 6.07. The number of nitrogens with two attached hydrogens (primary N) is 1. The predicted octanol–water partition coefficient (Wildman–Crippen LogP) is 0.231. The van der Waals surface area contributed by atoms with Gasteiger partial charge in [-0.05, 0) is 12.8 Å². The number of carbonyl (C=O) groups excluding carboxylic acids is 2. The molecule has 1 saturated carbocycles. The Bertz CT molecular complexity index is 277. The highest BCUT2D eigenvalue weighted by Gasteiger charge is 2.51. The Kier molecular flexibility index (Phi) is 3.57. The van der Waals surface area contributed by atoms with Crippen molar-refractivity contribution in [2.45, 2.75) is 31.2 Å². The van der Waals surface area contributed by atoms with E-state index in [-0.39, 0.29) is 24.3 Å². The summed E-state index contributed by atoms with van der Waals surface area (Å²) < 4.78 is 0. The van der Waals surface area contributed by atoms with Crippen LogP contribution in [0, 0.1) is 0 Å². The third kappa shape index (κ3) is 1.81. The van der Waals surface area contributed by atoms with Gasteiger partial charge in [0.25, 0.3) is 5.91 Å². The Morgan fingerprint density at radius 2 is 1.93 bits per heavy atom. The first-order valence-corrected chi connectivity index (χ1v) is 5.04. The molecule has 15 heavy (non-hydrogen) atoms. The zero-order chi connectivity index (χ0) is 10.2. The van der Waals surface area contributed by atoms with Crippen molar-refractivity contribution in [1.82, 2.24) is 10.2 Å². The molecule has 0 bridgehead atoms. The highest BCUT2D eigenvalue weighted by atomic mass is 35.5. The fourth-order valence-corrected chi connectivity index (χ4v) is 2.33. The van der Waals surface area contributed by atoms with Crippen LogP contribution in [0.3, 0.4) is 0 Å². The van der Waals surface area contributed by atoms with E-state index in [0.29, 0.717) is 13.1 Å². The largest absolute Gasteiger partial charge is 0.329 e. The zero-order valence-electron chi connectivity index (χ0n) is 8.49. The third-order valence-corrected chi connectivity index (χ3v) is 3.06. The second kappa shape index (κ2) is 4.37. The van der Waals surface area contributed by atoms with Gasteiger partial charge in [0.05, 0.1) is 0 Å². The van der Waals surface area contributed by atoms with Crippen LogP contribution in [-0.2, 0) is 4.79 Å². The molecule has 0 aromatic rings. The van der Waals surface area contributed by atoms with Gasteiger partial charge in [-0.15, -0.1) is 12.4 Å². The molecule has 3 amide bonds. The Morgan fingerprint density at radius 3 is 2.47 bits per heavy atom. The molecular formula is C9H16ClN3O2. The number of nitrogens with zero attached hydrogens (tertiary/aromatic N) is 1. The van der Waals surface area contributed by atoms with Gasteiger partial charge in [-0.1, -0.05) is 12.8 Å². The van der Waals surface area contributed by atoms with Gasteiger partial charge in [-0.25, -0.2) is 4.79 Å². The number of amides is 3. The van der Waals surface area contributed by atoms with Gasteiger partial charge in [-0.3, -0.25) is 9.69 Å². The lowest BCUT2D eigenvalue weighted by atomic mass is 9.98. The smallest absolute Gasteiger partial charge is 0.325 e. The standard InChI is InChI=1S/C9H15N3O2.ClH/c10-5-6-12-7(13)9(11-8(12)14)3-1-2-4-9;/h1-6,10H2,(H,11,14);1H. The monoisotopic (exact) mass is 233 g/mol. The minimum absolute atomic E-state index is 0. The van der Waals surface area contributed by atoms with Gasteiger partial charge in [0.15, 0.2) is 0 Å². The first-order valence-electron chi connectivity index (χ1n) is 5.04. The number of halogens is 1. The molecule has 6 heteroatoms. The van der Waals surface area contributed by atoms with E-state index < -0.39 is 5.54 Å². The molecule has 1 aliphatic carbocycles. The molecule has 2 rings (SSSR count). The molecule has 2 aliphatic rings. The molecule has 0 radical (unpaired) electrons. The average Bonchev–Trinajstić information content (AvgIpc) is 2.69. The summed E-state index contributed by atoms with van der Waals surface area (Å²) in [6.45, 7) is 0.654. The first kappa shape index (κ1) is 12.3. The number of imide groups is 1. The van der Waals surface area contributed by atoms with E-state index in [9.17, 15) is 9.59 Å². The molecule has 1 saturated heterocycles. The fourth-order valence-electron chi connectivity index (χ4n) is 2.33. The van der Waals surface area contributed by atoms with Gasteiger partial charge in [0.2, 0.25) is 0 Å². The quantitative estimate of drug-likeness (QED) is 0.671. The van der Waals surface area contributed by atoms with Crippen molar-refractivity contribution in [3.63, 3.8) is 0 Å². The molecule has 1 aliphatic heterocycles. The molecule has 86 valence electrons. The van der Waals surface area contributed by atoms with Crippen LogP contribution in [-0.4, -0.2) is 35.5 Å². The lowest BCUT2D eigenvalue weighted by molar-refractivity contribution is -0.131. The molecule has 0 atom stereocenters. The van der Waals surface area contributed by atoms with Crippen molar-refractivity contribution in [3.05, 3.63) is 0 Å². The SMILES string of the molecule is Cl.NCCN1C(=O)NC2(CCCC2)C1=O. The third-order valence-electron chi connectivity index (χ3n) is 3.06. The van der Waals surface area contributed by atoms with Crippen molar-refractivity contribution in [2.75, 3.05) is 13.1 Å². The van der Waals surface area contributed by atoms with Crippen LogP contribution in [0.2, 0.25) is 0 Å². The van der Waals surface area contributed by atoms with Crippen LogP contribution in [0.1, 0.15) is 25.7 Å². The lowest BCUT2D eigenvalue weighted by Crippen LogP contribution is -2.44. The summed E-state index contributed by atoms with van der Waals surface area (Å²) in [6.07, 6.45) is 3.59. The Balaban J connectivity index is 0.00000112. The Hall–Kier alpha value is -0.810. The van der Waals surface area contributed by atoms with Gasteiger partial charge in [0, 0.05) is 13.1 Å². The minimum atomic E-state index is -0.577. The zero-order valence-corrected chi connectivity index (χ0v) is 9.31. The molecule has 1 spiro atoms. The molecule has 5 nitrogen and oxygen atoms in total. The molecule has 1 heterocycles. The van der Waals surface area contributed by atoms with E-state index in [1.54, 1.807) is 0 Å². The maximum absolute atomic E-state index is 11.9. The van der Waals surface area contributed by atoms with Crippen molar-refractivity contribution < 1.29 is 9.59 Å². The summed E-state index contributed by atoms with van der Waals surface area (Å²) >= 11 is 0. The number of carbonyl (C=O) groups is 2.